The molecule has 1 spiro atoms. The van der Waals surface area contributed by atoms with Gasteiger partial charge in [0.25, 0.3) is 0 Å². The van der Waals surface area contributed by atoms with Crippen molar-refractivity contribution >= 4 is 0 Å². The minimum absolute atomic E-state index is 0.280. The fourth-order valence-corrected chi connectivity index (χ4v) is 4.90. The number of piperidine rings is 1. The summed E-state index contributed by atoms with van der Waals surface area (Å²) in [5, 5.41) is 3.75. The molecule has 4 fully saturated rings. The van der Waals surface area contributed by atoms with Crippen LogP contribution in [0.1, 0.15) is 64.2 Å². The predicted octanol–water partition coefficient (Wildman–Crippen LogP) is 2.94. The summed E-state index contributed by atoms with van der Waals surface area (Å²) in [6.07, 6.45) is 13.7. The van der Waals surface area contributed by atoms with Crippen molar-refractivity contribution < 1.29 is 4.74 Å². The normalized spacial score (nSPS) is 37.1. The Morgan fingerprint density at radius 2 is 1.90 bits per heavy atom. The van der Waals surface area contributed by atoms with Crippen molar-refractivity contribution in [2.45, 2.75) is 81.9 Å². The van der Waals surface area contributed by atoms with E-state index in [0.717, 1.165) is 24.6 Å². The topological polar surface area (TPSA) is 24.5 Å². The van der Waals surface area contributed by atoms with Crippen LogP contribution < -0.4 is 5.32 Å². The highest BCUT2D eigenvalue weighted by Gasteiger charge is 2.42. The predicted molar refractivity (Wildman–Crippen MR) is 85.5 cm³/mol. The maximum atomic E-state index is 6.22. The largest absolute Gasteiger partial charge is 0.375 e. The van der Waals surface area contributed by atoms with Crippen LogP contribution in [0.15, 0.2) is 0 Å². The minimum atomic E-state index is 0.280. The van der Waals surface area contributed by atoms with Gasteiger partial charge >= 0.3 is 0 Å². The summed E-state index contributed by atoms with van der Waals surface area (Å²) in [6.45, 7) is 4.93. The number of hydrogen-bond donors (Lipinski definition) is 1. The molecule has 120 valence electrons. The minimum Gasteiger partial charge on any atom is -0.375 e. The monoisotopic (exact) mass is 292 g/mol. The van der Waals surface area contributed by atoms with E-state index in [9.17, 15) is 0 Å². The fraction of sp³-hybridized carbons (Fsp3) is 1.00. The first kappa shape index (κ1) is 14.5. The lowest BCUT2D eigenvalue weighted by molar-refractivity contribution is -0.105. The van der Waals surface area contributed by atoms with E-state index in [1.807, 2.05) is 0 Å². The molecule has 0 bridgehead atoms. The second kappa shape index (κ2) is 6.17. The zero-order valence-electron chi connectivity index (χ0n) is 13.5. The fourth-order valence-electron chi connectivity index (χ4n) is 4.90. The van der Waals surface area contributed by atoms with Gasteiger partial charge in [-0.15, -0.1) is 0 Å². The van der Waals surface area contributed by atoms with Gasteiger partial charge < -0.3 is 10.1 Å². The van der Waals surface area contributed by atoms with Gasteiger partial charge in [0.1, 0.15) is 0 Å². The number of hydrogen-bond acceptors (Lipinski definition) is 3. The van der Waals surface area contributed by atoms with E-state index in [-0.39, 0.29) is 5.60 Å². The van der Waals surface area contributed by atoms with Crippen molar-refractivity contribution in [3.63, 3.8) is 0 Å². The average Bonchev–Trinajstić information content (AvgIpc) is 3.26. The SMILES string of the molecule is C1CC(CNC2CC2)CN(C2CCOC3(CCCC3)C2)C1. The summed E-state index contributed by atoms with van der Waals surface area (Å²) in [4.78, 5) is 2.82. The highest BCUT2D eigenvalue weighted by molar-refractivity contribution is 4.95. The maximum absolute atomic E-state index is 6.22. The van der Waals surface area contributed by atoms with E-state index in [1.54, 1.807) is 0 Å². The van der Waals surface area contributed by atoms with Crippen LogP contribution in [0.4, 0.5) is 0 Å². The lowest BCUT2D eigenvalue weighted by atomic mass is 9.86. The highest BCUT2D eigenvalue weighted by atomic mass is 16.5. The van der Waals surface area contributed by atoms with Crippen LogP contribution >= 0.6 is 0 Å². The molecule has 2 saturated carbocycles. The standard InChI is InChI=1S/C18H32N2O/c1-2-9-18(8-1)12-17(7-11-21-18)20-10-3-4-15(14-20)13-19-16-5-6-16/h15-17,19H,1-14H2. The summed E-state index contributed by atoms with van der Waals surface area (Å²) < 4.78 is 6.22. The van der Waals surface area contributed by atoms with E-state index in [1.165, 1.54) is 83.8 Å². The first-order chi connectivity index (χ1) is 10.3. The van der Waals surface area contributed by atoms with Gasteiger partial charge in [-0.25, -0.2) is 0 Å². The van der Waals surface area contributed by atoms with Crippen molar-refractivity contribution in [3.05, 3.63) is 0 Å². The Hall–Kier alpha value is -0.120. The van der Waals surface area contributed by atoms with Gasteiger partial charge in [-0.1, -0.05) is 12.8 Å². The molecule has 21 heavy (non-hydrogen) atoms. The molecule has 2 saturated heterocycles. The van der Waals surface area contributed by atoms with E-state index in [0.29, 0.717) is 0 Å². The summed E-state index contributed by atoms with van der Waals surface area (Å²) >= 11 is 0. The van der Waals surface area contributed by atoms with Crippen molar-refractivity contribution in [2.24, 2.45) is 5.92 Å². The smallest absolute Gasteiger partial charge is 0.0697 e. The molecule has 2 heterocycles. The molecule has 2 aliphatic heterocycles. The van der Waals surface area contributed by atoms with Crippen molar-refractivity contribution in [1.82, 2.24) is 10.2 Å². The Morgan fingerprint density at radius 1 is 1.05 bits per heavy atom. The summed E-state index contributed by atoms with van der Waals surface area (Å²) in [5.41, 5.74) is 0.280. The second-order valence-electron chi connectivity index (χ2n) is 8.07. The van der Waals surface area contributed by atoms with E-state index in [2.05, 4.69) is 10.2 Å². The molecule has 1 N–H and O–H groups in total. The molecule has 3 nitrogen and oxygen atoms in total. The molecule has 0 aromatic heterocycles. The Bertz CT molecular complexity index is 349. The van der Waals surface area contributed by atoms with Crippen LogP contribution in [0.3, 0.4) is 0 Å². The van der Waals surface area contributed by atoms with Gasteiger partial charge in [0.2, 0.25) is 0 Å². The van der Waals surface area contributed by atoms with Crippen LogP contribution in [0.25, 0.3) is 0 Å². The summed E-state index contributed by atoms with van der Waals surface area (Å²) in [7, 11) is 0. The van der Waals surface area contributed by atoms with Crippen molar-refractivity contribution in [2.75, 3.05) is 26.2 Å². The molecule has 0 amide bonds. The van der Waals surface area contributed by atoms with E-state index >= 15 is 0 Å². The molecular formula is C18H32N2O. The molecule has 0 radical (unpaired) electrons. The molecule has 2 aliphatic carbocycles. The number of nitrogens with one attached hydrogen (secondary N) is 1. The van der Waals surface area contributed by atoms with Gasteiger partial charge in [-0.05, 0) is 70.4 Å². The third kappa shape index (κ3) is 3.46. The van der Waals surface area contributed by atoms with Crippen LogP contribution in [0.2, 0.25) is 0 Å². The first-order valence-electron chi connectivity index (χ1n) is 9.44. The number of likely N-dealkylation sites (tertiary alicyclic amines) is 1. The molecule has 4 rings (SSSR count). The van der Waals surface area contributed by atoms with Gasteiger partial charge in [-0.3, -0.25) is 4.90 Å². The molecule has 2 unspecified atom stereocenters. The highest BCUT2D eigenvalue weighted by Crippen LogP contribution is 2.41. The summed E-state index contributed by atoms with van der Waals surface area (Å²) in [6, 6.07) is 1.67. The Labute approximate surface area is 129 Å². The Balaban J connectivity index is 1.31. The molecule has 0 aromatic carbocycles. The first-order valence-corrected chi connectivity index (χ1v) is 9.44. The van der Waals surface area contributed by atoms with Crippen molar-refractivity contribution in [3.8, 4) is 0 Å². The Morgan fingerprint density at radius 3 is 2.71 bits per heavy atom. The third-order valence-corrected chi connectivity index (χ3v) is 6.32. The molecule has 2 atom stereocenters. The third-order valence-electron chi connectivity index (χ3n) is 6.32. The molecule has 0 aromatic rings. The van der Waals surface area contributed by atoms with Crippen molar-refractivity contribution in [1.29, 1.82) is 0 Å². The quantitative estimate of drug-likeness (QED) is 0.862. The lowest BCUT2D eigenvalue weighted by Gasteiger charge is -2.45. The van der Waals surface area contributed by atoms with E-state index in [4.69, 9.17) is 4.74 Å². The second-order valence-corrected chi connectivity index (χ2v) is 8.07. The Kier molecular flexibility index (Phi) is 4.25. The number of nitrogens with zero attached hydrogens (tertiary/aromatic N) is 1. The molecule has 3 heteroatoms. The van der Waals surface area contributed by atoms with Crippen LogP contribution in [-0.4, -0.2) is 48.8 Å². The number of ether oxygens (including phenoxy) is 1. The van der Waals surface area contributed by atoms with Gasteiger partial charge in [0, 0.05) is 25.2 Å². The zero-order chi connectivity index (χ0) is 14.1. The van der Waals surface area contributed by atoms with Gasteiger partial charge in [0.15, 0.2) is 0 Å². The molecular weight excluding hydrogens is 260 g/mol. The average molecular weight is 292 g/mol. The maximum Gasteiger partial charge on any atom is 0.0697 e. The summed E-state index contributed by atoms with van der Waals surface area (Å²) in [5.74, 6) is 0.890. The zero-order valence-corrected chi connectivity index (χ0v) is 13.5. The number of rotatable bonds is 4. The van der Waals surface area contributed by atoms with Crippen LogP contribution in [0.5, 0.6) is 0 Å². The van der Waals surface area contributed by atoms with Gasteiger partial charge in [-0.2, -0.15) is 0 Å². The van der Waals surface area contributed by atoms with Crippen LogP contribution in [-0.2, 0) is 4.74 Å². The van der Waals surface area contributed by atoms with Crippen LogP contribution in [0, 0.1) is 5.92 Å². The molecule has 4 aliphatic rings. The lowest BCUT2D eigenvalue weighted by Crippen LogP contribution is -2.51. The van der Waals surface area contributed by atoms with E-state index < -0.39 is 0 Å². The van der Waals surface area contributed by atoms with Gasteiger partial charge in [0.05, 0.1) is 5.60 Å².